The fourth-order valence-electron chi connectivity index (χ4n) is 2.60. The number of benzene rings is 1. The highest BCUT2D eigenvalue weighted by atomic mass is 19.1. The van der Waals surface area contributed by atoms with E-state index in [0.717, 1.165) is 0 Å². The van der Waals surface area contributed by atoms with Gasteiger partial charge in [0.05, 0.1) is 11.7 Å². The number of hydrogen-bond acceptors (Lipinski definition) is 3. The van der Waals surface area contributed by atoms with Crippen molar-refractivity contribution in [2.75, 3.05) is 31.1 Å². The Morgan fingerprint density at radius 1 is 1.21 bits per heavy atom. The molecule has 2 fully saturated rings. The van der Waals surface area contributed by atoms with Crippen LogP contribution in [0.25, 0.3) is 0 Å². The second-order valence-corrected chi connectivity index (χ2v) is 4.72. The van der Waals surface area contributed by atoms with Crippen LogP contribution in [-0.2, 0) is 9.59 Å². The summed E-state index contributed by atoms with van der Waals surface area (Å²) < 4.78 is 13.8. The van der Waals surface area contributed by atoms with E-state index in [2.05, 4.69) is 5.32 Å². The molecule has 0 aliphatic carbocycles. The molecule has 1 aromatic carbocycles. The Morgan fingerprint density at radius 2 is 2.00 bits per heavy atom. The van der Waals surface area contributed by atoms with Crippen molar-refractivity contribution < 1.29 is 14.0 Å². The number of para-hydroxylation sites is 1. The fraction of sp³-hybridized carbons (Fsp3) is 0.385. The summed E-state index contributed by atoms with van der Waals surface area (Å²) in [5, 5.41) is 3.18. The standard InChI is InChI=1S/C13H14FN3O2/c14-10-3-1-2-4-11(10)17-8-9-7-15-5-6-16(9)12(18)13(17)19/h1-4,9,15H,5-8H2. The van der Waals surface area contributed by atoms with Crippen LogP contribution in [0.5, 0.6) is 0 Å². The minimum absolute atomic E-state index is 0.0847. The Hall–Kier alpha value is -1.95. The number of nitrogens with one attached hydrogen (secondary N) is 1. The SMILES string of the molecule is O=C1C(=O)N2CCNCC2CN1c1ccccc1F. The van der Waals surface area contributed by atoms with E-state index in [0.29, 0.717) is 26.2 Å². The van der Waals surface area contributed by atoms with Crippen LogP contribution in [0.4, 0.5) is 10.1 Å². The molecule has 0 aromatic heterocycles. The van der Waals surface area contributed by atoms with E-state index >= 15 is 0 Å². The molecule has 2 aliphatic heterocycles. The molecule has 6 heteroatoms. The van der Waals surface area contributed by atoms with E-state index in [-0.39, 0.29) is 11.7 Å². The predicted molar refractivity (Wildman–Crippen MR) is 67.1 cm³/mol. The van der Waals surface area contributed by atoms with Gasteiger partial charge in [-0.2, -0.15) is 0 Å². The predicted octanol–water partition coefficient (Wildman–Crippen LogP) is -0.0273. The zero-order valence-electron chi connectivity index (χ0n) is 10.3. The summed E-state index contributed by atoms with van der Waals surface area (Å²) in [6, 6.07) is 5.94. The summed E-state index contributed by atoms with van der Waals surface area (Å²) in [5.74, 6) is -1.68. The number of amides is 2. The topological polar surface area (TPSA) is 52.7 Å². The smallest absolute Gasteiger partial charge is 0.316 e. The van der Waals surface area contributed by atoms with Crippen LogP contribution in [0.2, 0.25) is 0 Å². The van der Waals surface area contributed by atoms with Crippen LogP contribution in [0.1, 0.15) is 0 Å². The van der Waals surface area contributed by atoms with E-state index in [1.807, 2.05) is 0 Å². The number of halogens is 1. The van der Waals surface area contributed by atoms with Crippen LogP contribution in [0.3, 0.4) is 0 Å². The average Bonchev–Trinajstić information content (AvgIpc) is 2.44. The first kappa shape index (κ1) is 12.1. The molecule has 0 spiro atoms. The van der Waals surface area contributed by atoms with Crippen LogP contribution in [-0.4, -0.2) is 48.9 Å². The van der Waals surface area contributed by atoms with Gasteiger partial charge >= 0.3 is 11.8 Å². The second-order valence-electron chi connectivity index (χ2n) is 4.72. The molecule has 19 heavy (non-hydrogen) atoms. The summed E-state index contributed by atoms with van der Waals surface area (Å²) in [7, 11) is 0. The fourth-order valence-corrected chi connectivity index (χ4v) is 2.60. The number of rotatable bonds is 1. The third-order valence-electron chi connectivity index (χ3n) is 3.58. The van der Waals surface area contributed by atoms with Gasteiger partial charge in [-0.15, -0.1) is 0 Å². The van der Waals surface area contributed by atoms with Gasteiger partial charge in [0.15, 0.2) is 0 Å². The van der Waals surface area contributed by atoms with Crippen molar-refractivity contribution in [2.24, 2.45) is 0 Å². The molecule has 0 radical (unpaired) electrons. The number of carbonyl (C=O) groups is 2. The Morgan fingerprint density at radius 3 is 2.79 bits per heavy atom. The lowest BCUT2D eigenvalue weighted by atomic mass is 10.1. The Balaban J connectivity index is 1.93. The van der Waals surface area contributed by atoms with Crippen molar-refractivity contribution in [2.45, 2.75) is 6.04 Å². The van der Waals surface area contributed by atoms with Gasteiger partial charge in [0, 0.05) is 26.2 Å². The van der Waals surface area contributed by atoms with Gasteiger partial charge in [0.1, 0.15) is 5.82 Å². The first-order valence-electron chi connectivity index (χ1n) is 6.26. The molecule has 2 amide bonds. The van der Waals surface area contributed by atoms with Gasteiger partial charge in [0.25, 0.3) is 0 Å². The van der Waals surface area contributed by atoms with E-state index in [1.54, 1.807) is 17.0 Å². The Kier molecular flexibility index (Phi) is 2.94. The number of carbonyl (C=O) groups excluding carboxylic acids is 2. The van der Waals surface area contributed by atoms with Gasteiger partial charge in [0.2, 0.25) is 0 Å². The lowest BCUT2D eigenvalue weighted by Crippen LogP contribution is -2.66. The van der Waals surface area contributed by atoms with E-state index < -0.39 is 17.6 Å². The summed E-state index contributed by atoms with van der Waals surface area (Å²) in [6.07, 6.45) is 0. The maximum absolute atomic E-state index is 13.8. The first-order chi connectivity index (χ1) is 9.18. The number of hydrogen-bond donors (Lipinski definition) is 1. The van der Waals surface area contributed by atoms with Crippen molar-refractivity contribution in [3.63, 3.8) is 0 Å². The number of anilines is 1. The molecular formula is C13H14FN3O2. The lowest BCUT2D eigenvalue weighted by Gasteiger charge is -2.43. The van der Waals surface area contributed by atoms with Crippen LogP contribution in [0.15, 0.2) is 24.3 Å². The summed E-state index contributed by atoms with van der Waals surface area (Å²) in [6.45, 7) is 2.18. The molecule has 100 valence electrons. The molecule has 1 atom stereocenters. The molecular weight excluding hydrogens is 249 g/mol. The summed E-state index contributed by atoms with van der Waals surface area (Å²) in [4.78, 5) is 26.9. The Bertz CT molecular complexity index is 534. The van der Waals surface area contributed by atoms with Crippen molar-refractivity contribution in [3.8, 4) is 0 Å². The average molecular weight is 263 g/mol. The maximum Gasteiger partial charge on any atom is 0.316 e. The highest BCUT2D eigenvalue weighted by molar-refractivity contribution is 6.41. The number of nitrogens with zero attached hydrogens (tertiary/aromatic N) is 2. The minimum Gasteiger partial charge on any atom is -0.327 e. The maximum atomic E-state index is 13.8. The minimum atomic E-state index is -0.650. The van der Waals surface area contributed by atoms with Crippen molar-refractivity contribution in [3.05, 3.63) is 30.1 Å². The zero-order chi connectivity index (χ0) is 13.4. The first-order valence-corrected chi connectivity index (χ1v) is 6.26. The van der Waals surface area contributed by atoms with Crippen molar-refractivity contribution in [1.82, 2.24) is 10.2 Å². The quantitative estimate of drug-likeness (QED) is 0.724. The monoisotopic (exact) mass is 263 g/mol. The second kappa shape index (κ2) is 4.62. The van der Waals surface area contributed by atoms with Crippen molar-refractivity contribution in [1.29, 1.82) is 0 Å². The van der Waals surface area contributed by atoms with Gasteiger partial charge in [-0.3, -0.25) is 14.5 Å². The summed E-state index contributed by atoms with van der Waals surface area (Å²) >= 11 is 0. The number of piperazine rings is 2. The van der Waals surface area contributed by atoms with Crippen LogP contribution < -0.4 is 10.2 Å². The third kappa shape index (κ3) is 1.98. The lowest BCUT2D eigenvalue weighted by molar-refractivity contribution is -0.149. The highest BCUT2D eigenvalue weighted by Crippen LogP contribution is 2.24. The summed E-state index contributed by atoms with van der Waals surface area (Å²) in [5.41, 5.74) is 0.172. The van der Waals surface area contributed by atoms with Gasteiger partial charge < -0.3 is 10.2 Å². The van der Waals surface area contributed by atoms with Gasteiger partial charge in [-0.1, -0.05) is 12.1 Å². The van der Waals surface area contributed by atoms with Gasteiger partial charge in [-0.25, -0.2) is 4.39 Å². The molecule has 1 aromatic rings. The van der Waals surface area contributed by atoms with Crippen molar-refractivity contribution >= 4 is 17.5 Å². The van der Waals surface area contributed by atoms with E-state index in [9.17, 15) is 14.0 Å². The highest BCUT2D eigenvalue weighted by Gasteiger charge is 2.41. The molecule has 0 saturated carbocycles. The van der Waals surface area contributed by atoms with E-state index in [4.69, 9.17) is 0 Å². The molecule has 1 N–H and O–H groups in total. The number of fused-ring (bicyclic) bond motifs is 1. The molecule has 2 saturated heterocycles. The largest absolute Gasteiger partial charge is 0.327 e. The van der Waals surface area contributed by atoms with Crippen LogP contribution >= 0.6 is 0 Å². The molecule has 2 heterocycles. The molecule has 2 aliphatic rings. The Labute approximate surface area is 110 Å². The molecule has 0 bridgehead atoms. The zero-order valence-corrected chi connectivity index (χ0v) is 10.3. The van der Waals surface area contributed by atoms with Crippen LogP contribution in [0, 0.1) is 5.82 Å². The van der Waals surface area contributed by atoms with E-state index in [1.165, 1.54) is 17.0 Å². The molecule has 5 nitrogen and oxygen atoms in total. The normalized spacial score (nSPS) is 23.5. The van der Waals surface area contributed by atoms with Gasteiger partial charge in [-0.05, 0) is 12.1 Å². The third-order valence-corrected chi connectivity index (χ3v) is 3.58. The molecule has 1 unspecified atom stereocenters. The molecule has 3 rings (SSSR count).